The summed E-state index contributed by atoms with van der Waals surface area (Å²) in [4.78, 5) is 39.1. The second-order valence-corrected chi connectivity index (χ2v) is 33.3. The Morgan fingerprint density at radius 2 is 0.769 bits per heavy atom. The predicted molar refractivity (Wildman–Crippen MR) is 500 cm³/mol. The maximum absolute atomic E-state index is 13.0. The number of aromatic amines is 1. The van der Waals surface area contributed by atoms with E-state index in [1.165, 1.54) is 39.4 Å². The zero-order valence-electron chi connectivity index (χ0n) is 72.1. The Morgan fingerprint density at radius 1 is 0.403 bits per heavy atom. The molecule has 4 aromatic carbocycles. The Kier molecular flexibility index (Phi) is 28.6. The fourth-order valence-electron chi connectivity index (χ4n) is 15.5. The van der Waals surface area contributed by atoms with Gasteiger partial charge in [0.15, 0.2) is 28.2 Å². The van der Waals surface area contributed by atoms with Crippen molar-refractivity contribution in [2.45, 2.75) is 109 Å². The number of alkyl halides is 6. The predicted octanol–water partition coefficient (Wildman–Crippen LogP) is 18.5. The first-order valence-corrected chi connectivity index (χ1v) is 44.7. The van der Waals surface area contributed by atoms with Gasteiger partial charge in [-0.05, 0) is 117 Å². The summed E-state index contributed by atoms with van der Waals surface area (Å²) in [6, 6.07) is 59.8. The van der Waals surface area contributed by atoms with Crippen LogP contribution in [0, 0.1) is 0 Å². The van der Waals surface area contributed by atoms with Crippen LogP contribution in [0.25, 0.3) is 73.0 Å². The summed E-state index contributed by atoms with van der Waals surface area (Å²) in [6.07, 6.45) is 16.9. The third-order valence-electron chi connectivity index (χ3n) is 22.2. The number of anilines is 5. The Bertz CT molecular complexity index is 7170. The van der Waals surface area contributed by atoms with Gasteiger partial charge in [0.25, 0.3) is 0 Å². The number of aromatic nitrogens is 21. The molecule has 38 heteroatoms. The molecule has 2 aliphatic rings. The number of H-pyrrole nitrogens is 1. The lowest BCUT2D eigenvalue weighted by Crippen LogP contribution is -2.29. The van der Waals surface area contributed by atoms with Crippen LogP contribution in [0.2, 0.25) is 0 Å². The Hall–Kier alpha value is -14.9. The third-order valence-corrected chi connectivity index (χ3v) is 23.3. The molecule has 2 aliphatic heterocycles. The van der Waals surface area contributed by atoms with Crippen LogP contribution in [0.15, 0.2) is 284 Å². The molecule has 2 saturated heterocycles. The molecule has 8 N–H and O–H groups in total. The largest absolute Gasteiger partial charge is 0.393 e. The lowest BCUT2D eigenvalue weighted by molar-refractivity contribution is -0.905. The molecular weight excluding hydrogens is 1860 g/mol. The zero-order chi connectivity index (χ0) is 92.5. The average molecular weight is 1950 g/mol. The molecule has 0 atom stereocenters. The molecule has 0 spiro atoms. The van der Waals surface area contributed by atoms with E-state index < -0.39 is 25.2 Å². The molecular formula is C96H90Br2F6N26O4+2. The topological polar surface area (TPSA) is 332 Å². The van der Waals surface area contributed by atoms with Gasteiger partial charge in [-0.1, -0.05) is 116 Å². The summed E-state index contributed by atoms with van der Waals surface area (Å²) in [5, 5.41) is 57.5. The van der Waals surface area contributed by atoms with Gasteiger partial charge in [0.2, 0.25) is 24.8 Å². The number of nitrogens with zero attached hydrogens (tertiary/aromatic N) is 20. The van der Waals surface area contributed by atoms with Crippen LogP contribution in [0.1, 0.15) is 100 Å². The molecule has 682 valence electrons. The van der Waals surface area contributed by atoms with Crippen molar-refractivity contribution in [2.24, 2.45) is 0 Å². The summed E-state index contributed by atoms with van der Waals surface area (Å²) in [7, 11) is 0. The summed E-state index contributed by atoms with van der Waals surface area (Å²) in [6.45, 7) is 8.03. The van der Waals surface area contributed by atoms with E-state index >= 15 is 0 Å². The van der Waals surface area contributed by atoms with E-state index in [0.29, 0.717) is 67.6 Å². The Morgan fingerprint density at radius 3 is 1.16 bits per heavy atom. The first-order chi connectivity index (χ1) is 65.2. The van der Waals surface area contributed by atoms with E-state index in [2.05, 4.69) is 169 Å². The van der Waals surface area contributed by atoms with Crippen LogP contribution in [-0.4, -0.2) is 142 Å². The van der Waals surface area contributed by atoms with Gasteiger partial charge in [-0.15, -0.1) is 0 Å². The summed E-state index contributed by atoms with van der Waals surface area (Å²) >= 11 is 7.08. The van der Waals surface area contributed by atoms with Gasteiger partial charge >= 0.3 is 12.4 Å². The van der Waals surface area contributed by atoms with Crippen molar-refractivity contribution in [1.29, 1.82) is 0 Å². The van der Waals surface area contributed by atoms with Crippen molar-refractivity contribution in [3.8, 4) is 33.8 Å². The summed E-state index contributed by atoms with van der Waals surface area (Å²) in [5.41, 5.74) is 18.0. The molecule has 30 nitrogen and oxygen atoms in total. The first-order valence-electron chi connectivity index (χ1n) is 43.2. The van der Waals surface area contributed by atoms with E-state index in [4.69, 9.17) is 24.4 Å². The van der Waals surface area contributed by atoms with Gasteiger partial charge in [0.1, 0.15) is 29.1 Å². The van der Waals surface area contributed by atoms with E-state index in [0.717, 1.165) is 184 Å². The van der Waals surface area contributed by atoms with Crippen molar-refractivity contribution in [3.05, 3.63) is 340 Å². The molecule has 2 fully saturated rings. The highest BCUT2D eigenvalue weighted by atomic mass is 79.9. The molecule has 0 aliphatic carbocycles. The smallest absolute Gasteiger partial charge is 0.381 e. The third kappa shape index (κ3) is 23.0. The van der Waals surface area contributed by atoms with Gasteiger partial charge in [-0.25, -0.2) is 29.9 Å². The molecule has 21 rings (SSSR count). The van der Waals surface area contributed by atoms with Gasteiger partial charge in [0.05, 0.1) is 87.2 Å². The number of nitrogens with one attached hydrogen (secondary N) is 6. The molecule has 134 heavy (non-hydrogen) atoms. The number of ether oxygens (including phenoxy) is 2. The molecule has 15 aromatic heterocycles. The highest BCUT2D eigenvalue weighted by Crippen LogP contribution is 2.36. The van der Waals surface area contributed by atoms with Crippen molar-refractivity contribution < 1.29 is 55.7 Å². The van der Waals surface area contributed by atoms with Crippen molar-refractivity contribution in [3.63, 3.8) is 0 Å². The van der Waals surface area contributed by atoms with Gasteiger partial charge in [0, 0.05) is 204 Å². The lowest BCUT2D eigenvalue weighted by atomic mass is 9.96. The standard InChI is InChI=1S/C22H20N6.C20H17F3N5O.C20H16F3N5.C17H19BrN5O2.C17H18BrN5O/c1-2-16-13-26-28-21(11-19(27-22(16)28)17-6-4-3-5-7-17)23-12-15-8-9-18-20(10-15)25-14-24-18;21-20(22,23)10-16-12-25-28-18(24-11-14-5-4-8-27(29)13-14)9-17(26-19(16)28)15-6-2-1-3-7-15;21-20(22,23)10-16-13-26-28-18(25-12-14-5-4-8-24-11-14)9-17(27-19(16)28)15-6-2-1-3-7-15;18-14-10-20-23-16(19-9-12-2-1-5-22(24)11-12)8-15(21-17(14)23)13-3-6-25-7-4-13;18-14-11-21-23-16(20-10-12-2-1-5-19-9-12)8-15(22-17(14)23)13-3-6-24-7-4-13/h3-11,13-14,23H,2,12H2,1H3,(H,24,25);1-9,12-13,24,29H,10-11H2;1-9,11,13,25H,10,12H2;1-2,5,8,10-11,13,19,24H,3-4,6-7,9H2;1-2,5,8-9,11,13,20H,3-4,6-7,10H2/q;+1;;+1;. The second kappa shape index (κ2) is 42.1. The second-order valence-electron chi connectivity index (χ2n) is 31.6. The van der Waals surface area contributed by atoms with Gasteiger partial charge in [-0.3, -0.25) is 20.4 Å². The zero-order valence-corrected chi connectivity index (χ0v) is 75.3. The van der Waals surface area contributed by atoms with Gasteiger partial charge in [-0.2, -0.15) is 74.4 Å². The molecule has 0 amide bonds. The van der Waals surface area contributed by atoms with Crippen LogP contribution in [0.5, 0.6) is 0 Å². The Balaban J connectivity index is 0.000000117. The molecule has 0 unspecified atom stereocenters. The minimum Gasteiger partial charge on any atom is -0.381 e. The number of hydrogen-bond donors (Lipinski definition) is 8. The normalized spacial score (nSPS) is 13.1. The Labute approximate surface area is 779 Å². The highest BCUT2D eigenvalue weighted by molar-refractivity contribution is 9.11. The maximum Gasteiger partial charge on any atom is 0.393 e. The number of fused-ring (bicyclic) bond motifs is 6. The van der Waals surface area contributed by atoms with E-state index in [1.807, 2.05) is 137 Å². The van der Waals surface area contributed by atoms with E-state index in [1.54, 1.807) is 78.5 Å². The van der Waals surface area contributed by atoms with Crippen LogP contribution in [0.3, 0.4) is 0 Å². The van der Waals surface area contributed by atoms with Crippen LogP contribution >= 0.6 is 31.9 Å². The molecule has 0 saturated carbocycles. The number of halogens is 8. The fraction of sp³-hybridized carbons (Fsp3) is 0.219. The van der Waals surface area contributed by atoms with Crippen molar-refractivity contribution >= 4 is 100 Å². The minimum absolute atomic E-state index is 0.00578. The fourth-order valence-corrected chi connectivity index (χ4v) is 16.2. The van der Waals surface area contributed by atoms with Crippen LogP contribution in [0.4, 0.5) is 55.4 Å². The first kappa shape index (κ1) is 91.0. The molecule has 19 aromatic rings. The average Bonchev–Trinajstić information content (AvgIpc) is 1.63. The van der Waals surface area contributed by atoms with Crippen molar-refractivity contribution in [1.82, 2.24) is 92.9 Å². The van der Waals surface area contributed by atoms with Crippen LogP contribution < -0.4 is 36.0 Å². The quantitative estimate of drug-likeness (QED) is 0.0168. The number of pyridine rings is 4. The van der Waals surface area contributed by atoms with Crippen LogP contribution in [-0.2, 0) is 61.5 Å². The molecule has 0 bridgehead atoms. The molecule has 0 radical (unpaired) electrons. The number of aryl methyl sites for hydroxylation is 1. The molecule has 17 heterocycles. The highest BCUT2D eigenvalue weighted by Gasteiger charge is 2.33. The minimum atomic E-state index is -4.36. The summed E-state index contributed by atoms with van der Waals surface area (Å²) in [5.74, 6) is 4.63. The van der Waals surface area contributed by atoms with E-state index in [9.17, 15) is 36.8 Å². The number of benzene rings is 4. The SMILES string of the molecule is Brc1cnn2c(NCc3cccnc3)cc(C3CCOCC3)nc12.CCc1cnn2c(NCc3ccc4nc[nH]c4c3)cc(-c3ccccc3)nc12.FC(F)(F)Cc1cnn2c(NCc3cccnc3)cc(-c3ccccc3)nc12.O[n+]1cccc(CNc2cc(-c3ccccc3)nc3c(CC(F)(F)F)cnn23)c1.O[n+]1cccc(CNc2cc(C3CCOCC3)nc3c(Br)cnn23)c1. The van der Waals surface area contributed by atoms with E-state index in [-0.39, 0.29) is 22.4 Å². The van der Waals surface area contributed by atoms with Crippen molar-refractivity contribution in [2.75, 3.05) is 53.0 Å². The van der Waals surface area contributed by atoms with Gasteiger partial charge < -0.3 is 41.0 Å². The maximum atomic E-state index is 13.0. The number of hydrogen-bond acceptors (Lipinski definition) is 22. The number of imidazole rings is 1. The number of rotatable bonds is 23. The monoisotopic (exact) mass is 1940 g/mol. The lowest BCUT2D eigenvalue weighted by Gasteiger charge is -2.22. The summed E-state index contributed by atoms with van der Waals surface area (Å²) < 4.78 is 101.